The van der Waals surface area contributed by atoms with Crippen LogP contribution in [0.3, 0.4) is 0 Å². The van der Waals surface area contributed by atoms with Gasteiger partial charge >= 0.3 is 0 Å². The van der Waals surface area contributed by atoms with Crippen LogP contribution in [0.25, 0.3) is 0 Å². The van der Waals surface area contributed by atoms with Gasteiger partial charge in [0.2, 0.25) is 0 Å². The topological polar surface area (TPSA) is 42.4 Å². The molecule has 0 amide bonds. The standard InChI is InChI=1S/C14H17NO2S/c1-9(2)17-13-7-5-4-6-11(13)14(16)12-8-18-10(3)15-12/h4-9,14,16H,1-3H3. The SMILES string of the molecule is Cc1nc(C(O)c2ccccc2OC(C)C)cs1. The summed E-state index contributed by atoms with van der Waals surface area (Å²) in [4.78, 5) is 4.32. The molecule has 1 aromatic heterocycles. The summed E-state index contributed by atoms with van der Waals surface area (Å²) in [5.41, 5.74) is 1.44. The Kier molecular flexibility index (Phi) is 3.99. The van der Waals surface area contributed by atoms with E-state index in [0.29, 0.717) is 11.4 Å². The van der Waals surface area contributed by atoms with E-state index in [9.17, 15) is 5.11 Å². The van der Waals surface area contributed by atoms with E-state index in [2.05, 4.69) is 4.98 Å². The maximum absolute atomic E-state index is 10.4. The summed E-state index contributed by atoms with van der Waals surface area (Å²) in [5.74, 6) is 0.714. The van der Waals surface area contributed by atoms with Crippen molar-refractivity contribution in [1.82, 2.24) is 4.98 Å². The number of nitrogens with zero attached hydrogens (tertiary/aromatic N) is 1. The highest BCUT2D eigenvalue weighted by Crippen LogP contribution is 2.30. The van der Waals surface area contributed by atoms with E-state index in [1.807, 2.05) is 50.4 Å². The first-order valence-corrected chi connectivity index (χ1v) is 6.81. The van der Waals surface area contributed by atoms with Crippen LogP contribution in [0, 0.1) is 6.92 Å². The number of ether oxygens (including phenoxy) is 1. The zero-order chi connectivity index (χ0) is 13.1. The lowest BCUT2D eigenvalue weighted by molar-refractivity contribution is 0.195. The van der Waals surface area contributed by atoms with Crippen LogP contribution in [0.15, 0.2) is 29.6 Å². The third-order valence-corrected chi connectivity index (χ3v) is 3.28. The van der Waals surface area contributed by atoms with Crippen molar-refractivity contribution in [3.8, 4) is 5.75 Å². The van der Waals surface area contributed by atoms with Crippen molar-refractivity contribution < 1.29 is 9.84 Å². The average molecular weight is 263 g/mol. The normalized spacial score (nSPS) is 12.7. The highest BCUT2D eigenvalue weighted by molar-refractivity contribution is 7.09. The van der Waals surface area contributed by atoms with Gasteiger partial charge in [-0.2, -0.15) is 0 Å². The molecule has 2 aromatic rings. The number of rotatable bonds is 4. The molecule has 1 heterocycles. The molecule has 1 aromatic carbocycles. The minimum absolute atomic E-state index is 0.0792. The van der Waals surface area contributed by atoms with Crippen LogP contribution in [-0.2, 0) is 0 Å². The minimum atomic E-state index is -0.732. The van der Waals surface area contributed by atoms with Crippen molar-refractivity contribution in [2.45, 2.75) is 33.0 Å². The van der Waals surface area contributed by atoms with Crippen molar-refractivity contribution in [2.24, 2.45) is 0 Å². The fourth-order valence-electron chi connectivity index (χ4n) is 1.73. The summed E-state index contributed by atoms with van der Waals surface area (Å²) in [7, 11) is 0. The zero-order valence-corrected chi connectivity index (χ0v) is 11.6. The molecule has 0 aliphatic rings. The number of aliphatic hydroxyl groups is 1. The molecular weight excluding hydrogens is 246 g/mol. The zero-order valence-electron chi connectivity index (χ0n) is 10.8. The highest BCUT2D eigenvalue weighted by atomic mass is 32.1. The lowest BCUT2D eigenvalue weighted by atomic mass is 10.1. The maximum atomic E-state index is 10.4. The Hall–Kier alpha value is -1.39. The lowest BCUT2D eigenvalue weighted by Crippen LogP contribution is -2.10. The first-order valence-electron chi connectivity index (χ1n) is 5.93. The van der Waals surface area contributed by atoms with Gasteiger partial charge in [0.05, 0.1) is 16.8 Å². The van der Waals surface area contributed by atoms with E-state index >= 15 is 0 Å². The summed E-state index contributed by atoms with van der Waals surface area (Å²) in [6, 6.07) is 7.54. The van der Waals surface area contributed by atoms with Crippen molar-refractivity contribution in [3.63, 3.8) is 0 Å². The molecule has 18 heavy (non-hydrogen) atoms. The molecule has 0 saturated carbocycles. The molecule has 0 spiro atoms. The maximum Gasteiger partial charge on any atom is 0.125 e. The number of thiazole rings is 1. The molecule has 96 valence electrons. The molecule has 2 rings (SSSR count). The number of aryl methyl sites for hydroxylation is 1. The highest BCUT2D eigenvalue weighted by Gasteiger charge is 2.18. The summed E-state index contributed by atoms with van der Waals surface area (Å²) in [6.45, 7) is 5.86. The Morgan fingerprint density at radius 3 is 2.61 bits per heavy atom. The summed E-state index contributed by atoms with van der Waals surface area (Å²) in [5, 5.41) is 13.2. The van der Waals surface area contributed by atoms with Crippen LogP contribution < -0.4 is 4.74 Å². The fraction of sp³-hybridized carbons (Fsp3) is 0.357. The van der Waals surface area contributed by atoms with Gasteiger partial charge in [0.25, 0.3) is 0 Å². The molecule has 1 atom stereocenters. The Balaban J connectivity index is 2.32. The number of aliphatic hydroxyl groups excluding tert-OH is 1. The van der Waals surface area contributed by atoms with Crippen LogP contribution in [0.5, 0.6) is 5.75 Å². The monoisotopic (exact) mass is 263 g/mol. The summed E-state index contributed by atoms with van der Waals surface area (Å²) < 4.78 is 5.71. The van der Waals surface area contributed by atoms with Crippen LogP contribution in [0.4, 0.5) is 0 Å². The van der Waals surface area contributed by atoms with Gasteiger partial charge in [-0.1, -0.05) is 18.2 Å². The van der Waals surface area contributed by atoms with Crippen molar-refractivity contribution in [1.29, 1.82) is 0 Å². The van der Waals surface area contributed by atoms with Gasteiger partial charge in [-0.25, -0.2) is 4.98 Å². The second-order valence-corrected chi connectivity index (χ2v) is 5.46. The summed E-state index contributed by atoms with van der Waals surface area (Å²) >= 11 is 1.54. The van der Waals surface area contributed by atoms with Gasteiger partial charge < -0.3 is 9.84 Å². The second-order valence-electron chi connectivity index (χ2n) is 4.40. The molecule has 0 bridgehead atoms. The number of hydrogen-bond acceptors (Lipinski definition) is 4. The van der Waals surface area contributed by atoms with Gasteiger partial charge in [-0.05, 0) is 26.8 Å². The van der Waals surface area contributed by atoms with E-state index in [-0.39, 0.29) is 6.10 Å². The molecule has 0 aliphatic heterocycles. The molecule has 4 heteroatoms. The van der Waals surface area contributed by atoms with Crippen LogP contribution in [-0.4, -0.2) is 16.2 Å². The largest absolute Gasteiger partial charge is 0.491 e. The molecule has 1 unspecified atom stereocenters. The molecule has 3 nitrogen and oxygen atoms in total. The van der Waals surface area contributed by atoms with E-state index in [0.717, 1.165) is 10.6 Å². The third kappa shape index (κ3) is 2.89. The van der Waals surface area contributed by atoms with Crippen LogP contribution in [0.2, 0.25) is 0 Å². The Morgan fingerprint density at radius 2 is 2.00 bits per heavy atom. The van der Waals surface area contributed by atoms with Gasteiger partial charge in [-0.3, -0.25) is 0 Å². The molecule has 1 N–H and O–H groups in total. The smallest absolute Gasteiger partial charge is 0.125 e. The number of hydrogen-bond donors (Lipinski definition) is 1. The first-order chi connectivity index (χ1) is 8.58. The van der Waals surface area contributed by atoms with Crippen molar-refractivity contribution in [2.75, 3.05) is 0 Å². The van der Waals surface area contributed by atoms with Crippen LogP contribution in [0.1, 0.15) is 36.2 Å². The lowest BCUT2D eigenvalue weighted by Gasteiger charge is -2.16. The van der Waals surface area contributed by atoms with Crippen LogP contribution >= 0.6 is 11.3 Å². The number of aromatic nitrogens is 1. The molecule has 0 saturated heterocycles. The molecule has 0 radical (unpaired) electrons. The Morgan fingerprint density at radius 1 is 1.28 bits per heavy atom. The van der Waals surface area contributed by atoms with Gasteiger partial charge in [0, 0.05) is 10.9 Å². The van der Waals surface area contributed by atoms with Crippen molar-refractivity contribution >= 4 is 11.3 Å². The van der Waals surface area contributed by atoms with E-state index in [4.69, 9.17) is 4.74 Å². The van der Waals surface area contributed by atoms with E-state index < -0.39 is 6.10 Å². The predicted molar refractivity (Wildman–Crippen MR) is 73.1 cm³/mol. The predicted octanol–water partition coefficient (Wildman–Crippen LogP) is 3.32. The van der Waals surface area contributed by atoms with Crippen molar-refractivity contribution in [3.05, 3.63) is 45.9 Å². The molecule has 0 fully saturated rings. The molecular formula is C14H17NO2S. The number of benzene rings is 1. The Bertz CT molecular complexity index is 522. The van der Waals surface area contributed by atoms with E-state index in [1.54, 1.807) is 0 Å². The van der Waals surface area contributed by atoms with Gasteiger partial charge in [0.1, 0.15) is 11.9 Å². The fourth-order valence-corrected chi connectivity index (χ4v) is 2.36. The van der Waals surface area contributed by atoms with Gasteiger partial charge in [0.15, 0.2) is 0 Å². The second kappa shape index (κ2) is 5.50. The minimum Gasteiger partial charge on any atom is -0.491 e. The number of para-hydroxylation sites is 1. The molecule has 0 aliphatic carbocycles. The Labute approximate surface area is 111 Å². The van der Waals surface area contributed by atoms with Gasteiger partial charge in [-0.15, -0.1) is 11.3 Å². The quantitative estimate of drug-likeness (QED) is 0.920. The third-order valence-electron chi connectivity index (χ3n) is 2.49. The van der Waals surface area contributed by atoms with E-state index in [1.165, 1.54) is 11.3 Å². The average Bonchev–Trinajstić information content (AvgIpc) is 2.75. The summed E-state index contributed by atoms with van der Waals surface area (Å²) in [6.07, 6.45) is -0.652. The first kappa shape index (κ1) is 13.1.